The van der Waals surface area contributed by atoms with Crippen molar-refractivity contribution in [2.75, 3.05) is 24.2 Å². The van der Waals surface area contributed by atoms with Gasteiger partial charge in [0.1, 0.15) is 6.54 Å². The van der Waals surface area contributed by atoms with Crippen LogP contribution in [-0.4, -0.2) is 24.7 Å². The van der Waals surface area contributed by atoms with E-state index in [4.69, 9.17) is 22.4 Å². The SMILES string of the molecule is CN(CC(=O)O)c1ccc(Cl)cc1N. The quantitative estimate of drug-likeness (QED) is 0.748. The van der Waals surface area contributed by atoms with E-state index in [1.54, 1.807) is 30.1 Å². The van der Waals surface area contributed by atoms with Crippen molar-refractivity contribution >= 4 is 28.9 Å². The van der Waals surface area contributed by atoms with E-state index in [1.807, 2.05) is 0 Å². The summed E-state index contributed by atoms with van der Waals surface area (Å²) in [5.41, 5.74) is 6.82. The van der Waals surface area contributed by atoms with Crippen LogP contribution in [0.1, 0.15) is 0 Å². The lowest BCUT2D eigenvalue weighted by molar-refractivity contribution is -0.135. The third kappa shape index (κ3) is 2.53. The van der Waals surface area contributed by atoms with Crippen LogP contribution in [0.4, 0.5) is 11.4 Å². The van der Waals surface area contributed by atoms with E-state index in [1.165, 1.54) is 0 Å². The number of halogens is 1. The molecular formula is C9H11ClN2O2. The molecule has 0 saturated carbocycles. The Balaban J connectivity index is 2.90. The molecule has 0 saturated heterocycles. The molecule has 0 radical (unpaired) electrons. The molecule has 14 heavy (non-hydrogen) atoms. The van der Waals surface area contributed by atoms with Crippen molar-refractivity contribution in [1.29, 1.82) is 0 Å². The van der Waals surface area contributed by atoms with Gasteiger partial charge in [-0.1, -0.05) is 11.6 Å². The second-order valence-electron chi connectivity index (χ2n) is 2.95. The number of hydrogen-bond donors (Lipinski definition) is 2. The van der Waals surface area contributed by atoms with Crippen LogP contribution in [0.5, 0.6) is 0 Å². The van der Waals surface area contributed by atoms with Gasteiger partial charge in [-0.15, -0.1) is 0 Å². The fourth-order valence-corrected chi connectivity index (χ4v) is 1.34. The first kappa shape index (κ1) is 10.7. The zero-order chi connectivity index (χ0) is 10.7. The van der Waals surface area contributed by atoms with Crippen LogP contribution in [-0.2, 0) is 4.79 Å². The van der Waals surface area contributed by atoms with Crippen LogP contribution < -0.4 is 10.6 Å². The van der Waals surface area contributed by atoms with Gasteiger partial charge in [0.15, 0.2) is 0 Å². The van der Waals surface area contributed by atoms with E-state index in [9.17, 15) is 4.79 Å². The summed E-state index contributed by atoms with van der Waals surface area (Å²) in [7, 11) is 1.66. The van der Waals surface area contributed by atoms with Crippen LogP contribution in [0, 0.1) is 0 Å². The van der Waals surface area contributed by atoms with Gasteiger partial charge in [-0.3, -0.25) is 4.79 Å². The lowest BCUT2D eigenvalue weighted by atomic mass is 10.2. The van der Waals surface area contributed by atoms with Crippen molar-refractivity contribution < 1.29 is 9.90 Å². The molecule has 0 bridgehead atoms. The van der Waals surface area contributed by atoms with Gasteiger partial charge in [-0.25, -0.2) is 0 Å². The minimum Gasteiger partial charge on any atom is -0.480 e. The molecule has 0 fully saturated rings. The van der Waals surface area contributed by atoms with Gasteiger partial charge in [0.25, 0.3) is 0 Å². The van der Waals surface area contributed by atoms with Crippen LogP contribution in [0.15, 0.2) is 18.2 Å². The van der Waals surface area contributed by atoms with Crippen LogP contribution in [0.25, 0.3) is 0 Å². The highest BCUT2D eigenvalue weighted by molar-refractivity contribution is 6.31. The molecule has 0 amide bonds. The van der Waals surface area contributed by atoms with Gasteiger partial charge < -0.3 is 15.7 Å². The number of hydrogen-bond acceptors (Lipinski definition) is 3. The van der Waals surface area contributed by atoms with E-state index in [2.05, 4.69) is 0 Å². The summed E-state index contributed by atoms with van der Waals surface area (Å²) in [5, 5.41) is 9.12. The van der Waals surface area contributed by atoms with Crippen LogP contribution in [0.2, 0.25) is 5.02 Å². The second-order valence-corrected chi connectivity index (χ2v) is 3.39. The van der Waals surface area contributed by atoms with Gasteiger partial charge in [0.2, 0.25) is 0 Å². The normalized spacial score (nSPS) is 9.86. The molecule has 5 heteroatoms. The maximum absolute atomic E-state index is 10.5. The Morgan fingerprint density at radius 1 is 1.64 bits per heavy atom. The Bertz CT molecular complexity index is 355. The molecule has 0 aliphatic carbocycles. The highest BCUT2D eigenvalue weighted by Gasteiger charge is 2.08. The summed E-state index contributed by atoms with van der Waals surface area (Å²) in [6, 6.07) is 4.96. The van der Waals surface area contributed by atoms with Crippen molar-refractivity contribution in [3.05, 3.63) is 23.2 Å². The molecule has 4 nitrogen and oxygen atoms in total. The van der Waals surface area contributed by atoms with Gasteiger partial charge in [-0.2, -0.15) is 0 Å². The van der Waals surface area contributed by atoms with Crippen LogP contribution >= 0.6 is 11.6 Å². The number of nitrogens with zero attached hydrogens (tertiary/aromatic N) is 1. The summed E-state index contributed by atoms with van der Waals surface area (Å²) < 4.78 is 0. The third-order valence-electron chi connectivity index (χ3n) is 1.77. The van der Waals surface area contributed by atoms with Crippen molar-refractivity contribution in [3.63, 3.8) is 0 Å². The average Bonchev–Trinajstić information content (AvgIpc) is 2.01. The van der Waals surface area contributed by atoms with Gasteiger partial charge in [-0.05, 0) is 18.2 Å². The molecule has 1 rings (SSSR count). The number of likely N-dealkylation sites (N-methyl/N-ethyl adjacent to an activating group) is 1. The fraction of sp³-hybridized carbons (Fsp3) is 0.222. The zero-order valence-corrected chi connectivity index (χ0v) is 8.45. The molecule has 76 valence electrons. The molecule has 0 heterocycles. The number of carboxylic acid groups (broad SMARTS) is 1. The summed E-state index contributed by atoms with van der Waals surface area (Å²) in [4.78, 5) is 12.0. The molecule has 0 spiro atoms. The zero-order valence-electron chi connectivity index (χ0n) is 7.70. The fourth-order valence-electron chi connectivity index (χ4n) is 1.16. The molecule has 0 aromatic heterocycles. The predicted octanol–water partition coefficient (Wildman–Crippen LogP) is 1.44. The van der Waals surface area contributed by atoms with Crippen LogP contribution in [0.3, 0.4) is 0 Å². The second kappa shape index (κ2) is 4.19. The van der Waals surface area contributed by atoms with E-state index in [0.29, 0.717) is 16.4 Å². The standard InChI is InChI=1S/C9H11ClN2O2/c1-12(5-9(13)14)8-3-2-6(10)4-7(8)11/h2-4H,5,11H2,1H3,(H,13,14). The molecule has 0 atom stereocenters. The Labute approximate surface area is 86.9 Å². The van der Waals surface area contributed by atoms with E-state index < -0.39 is 5.97 Å². The maximum atomic E-state index is 10.5. The van der Waals surface area contributed by atoms with E-state index >= 15 is 0 Å². The van der Waals surface area contributed by atoms with Crippen molar-refractivity contribution in [1.82, 2.24) is 0 Å². The monoisotopic (exact) mass is 214 g/mol. The number of carbonyl (C=O) groups is 1. The average molecular weight is 215 g/mol. The van der Waals surface area contributed by atoms with Gasteiger partial charge >= 0.3 is 5.97 Å². The Morgan fingerprint density at radius 3 is 2.79 bits per heavy atom. The molecular weight excluding hydrogens is 204 g/mol. The highest BCUT2D eigenvalue weighted by Crippen LogP contribution is 2.25. The molecule has 0 unspecified atom stereocenters. The van der Waals surface area contributed by atoms with E-state index in [0.717, 1.165) is 0 Å². The lowest BCUT2D eigenvalue weighted by Gasteiger charge is -2.18. The van der Waals surface area contributed by atoms with Crippen molar-refractivity contribution in [2.24, 2.45) is 0 Å². The van der Waals surface area contributed by atoms with Crippen molar-refractivity contribution in [3.8, 4) is 0 Å². The Hall–Kier alpha value is -1.42. The first-order valence-electron chi connectivity index (χ1n) is 3.98. The Morgan fingerprint density at radius 2 is 2.29 bits per heavy atom. The third-order valence-corrected chi connectivity index (χ3v) is 2.01. The smallest absolute Gasteiger partial charge is 0.323 e. The van der Waals surface area contributed by atoms with Gasteiger partial charge in [0, 0.05) is 12.1 Å². The predicted molar refractivity (Wildman–Crippen MR) is 56.8 cm³/mol. The van der Waals surface area contributed by atoms with Gasteiger partial charge in [0.05, 0.1) is 11.4 Å². The summed E-state index contributed by atoms with van der Waals surface area (Å²) in [6.07, 6.45) is 0. The number of benzene rings is 1. The molecule has 3 N–H and O–H groups in total. The topological polar surface area (TPSA) is 66.6 Å². The number of carboxylic acids is 1. The first-order valence-corrected chi connectivity index (χ1v) is 4.36. The largest absolute Gasteiger partial charge is 0.480 e. The highest BCUT2D eigenvalue weighted by atomic mass is 35.5. The number of anilines is 2. The summed E-state index contributed by atoms with van der Waals surface area (Å²) in [5.74, 6) is -0.901. The minimum absolute atomic E-state index is 0.0914. The number of nitrogens with two attached hydrogens (primary N) is 1. The Kier molecular flexibility index (Phi) is 3.19. The maximum Gasteiger partial charge on any atom is 0.323 e. The minimum atomic E-state index is -0.901. The lowest BCUT2D eigenvalue weighted by Crippen LogP contribution is -2.25. The number of rotatable bonds is 3. The van der Waals surface area contributed by atoms with Crippen molar-refractivity contribution in [2.45, 2.75) is 0 Å². The summed E-state index contributed by atoms with van der Waals surface area (Å²) >= 11 is 5.71. The van der Waals surface area contributed by atoms with E-state index in [-0.39, 0.29) is 6.54 Å². The first-order chi connectivity index (χ1) is 6.50. The molecule has 0 aliphatic rings. The molecule has 1 aromatic rings. The number of nitrogen functional groups attached to an aromatic ring is 1. The number of aliphatic carboxylic acids is 1. The summed E-state index contributed by atoms with van der Waals surface area (Å²) in [6.45, 7) is -0.0914. The molecule has 0 aliphatic heterocycles. The molecule has 1 aromatic carbocycles.